The minimum atomic E-state index is -0.569. The van der Waals surface area contributed by atoms with Crippen LogP contribution in [-0.4, -0.2) is 40.8 Å². The fourth-order valence-electron chi connectivity index (χ4n) is 2.77. The van der Waals surface area contributed by atoms with E-state index in [9.17, 15) is 14.4 Å². The number of rotatable bonds is 7. The van der Waals surface area contributed by atoms with Crippen molar-refractivity contribution in [3.63, 3.8) is 0 Å². The average Bonchev–Trinajstić information content (AvgIpc) is 2.75. The lowest BCUT2D eigenvalue weighted by atomic mass is 10.1. The number of fused-ring (bicyclic) bond motifs is 1. The molecule has 7 nitrogen and oxygen atoms in total. The summed E-state index contributed by atoms with van der Waals surface area (Å²) in [5.41, 5.74) is 0.672. The first-order valence-corrected chi connectivity index (χ1v) is 9.74. The molecule has 150 valence electrons. The Labute approximate surface area is 171 Å². The van der Waals surface area contributed by atoms with E-state index in [-0.39, 0.29) is 23.0 Å². The number of hydrogen-bond donors (Lipinski definition) is 0. The van der Waals surface area contributed by atoms with Crippen molar-refractivity contribution in [2.45, 2.75) is 23.9 Å². The molecular weight excluding hydrogens is 392 g/mol. The Kier molecular flexibility index (Phi) is 6.33. The van der Waals surface area contributed by atoms with Crippen molar-refractivity contribution in [1.29, 1.82) is 0 Å². The van der Waals surface area contributed by atoms with Crippen LogP contribution in [0.5, 0.6) is 5.75 Å². The maximum absolute atomic E-state index is 12.9. The lowest BCUT2D eigenvalue weighted by molar-refractivity contribution is -0.141. The number of aromatic nitrogens is 2. The summed E-state index contributed by atoms with van der Waals surface area (Å²) in [5.74, 6) is -0.0326. The molecule has 3 aromatic rings. The number of carbonyl (C=O) groups is 2. The molecule has 0 saturated carbocycles. The monoisotopic (exact) mass is 412 g/mol. The highest BCUT2D eigenvalue weighted by Crippen LogP contribution is 2.25. The fourth-order valence-corrected chi connectivity index (χ4v) is 3.76. The van der Waals surface area contributed by atoms with Crippen molar-refractivity contribution < 1.29 is 19.1 Å². The molecule has 0 fully saturated rings. The first-order chi connectivity index (χ1) is 13.9. The second-order valence-corrected chi connectivity index (χ2v) is 7.54. The predicted molar refractivity (Wildman–Crippen MR) is 111 cm³/mol. The molecule has 1 aromatic heterocycles. The maximum Gasteiger partial charge on any atom is 0.325 e. The molecule has 0 spiro atoms. The topological polar surface area (TPSA) is 87.5 Å². The number of hydrogen-bond acceptors (Lipinski definition) is 7. The van der Waals surface area contributed by atoms with Gasteiger partial charge in [0.05, 0.1) is 30.4 Å². The second kappa shape index (κ2) is 8.91. The molecule has 0 aliphatic carbocycles. The van der Waals surface area contributed by atoms with E-state index in [1.54, 1.807) is 62.6 Å². The minimum Gasteiger partial charge on any atom is -0.497 e. The van der Waals surface area contributed by atoms with E-state index in [4.69, 9.17) is 9.47 Å². The SMILES string of the molecule is COC(=O)Cn1c(S[C@H](C)C(=O)c2ccc(OC)cc2)nc2ccccc2c1=O. The molecule has 1 heterocycles. The number of Topliss-reactive ketones (excluding diaryl/α,β-unsaturated/α-hetero) is 1. The van der Waals surface area contributed by atoms with Crippen LogP contribution in [0.15, 0.2) is 58.5 Å². The lowest BCUT2D eigenvalue weighted by Crippen LogP contribution is -2.28. The Balaban J connectivity index is 1.96. The Hall–Kier alpha value is -3.13. The molecule has 0 N–H and O–H groups in total. The normalized spacial score (nSPS) is 11.8. The van der Waals surface area contributed by atoms with E-state index in [1.165, 1.54) is 11.7 Å². The number of benzene rings is 2. The molecule has 0 amide bonds. The van der Waals surface area contributed by atoms with E-state index in [0.29, 0.717) is 22.2 Å². The van der Waals surface area contributed by atoms with Gasteiger partial charge in [-0.15, -0.1) is 0 Å². The molecule has 0 aliphatic heterocycles. The van der Waals surface area contributed by atoms with Crippen molar-refractivity contribution in [3.8, 4) is 5.75 Å². The van der Waals surface area contributed by atoms with Gasteiger partial charge in [-0.2, -0.15) is 0 Å². The third-order valence-electron chi connectivity index (χ3n) is 4.37. The zero-order chi connectivity index (χ0) is 21.0. The quantitative estimate of drug-likeness (QED) is 0.255. The van der Waals surface area contributed by atoms with Gasteiger partial charge in [0.1, 0.15) is 12.3 Å². The summed E-state index contributed by atoms with van der Waals surface area (Å²) in [6.07, 6.45) is 0. The van der Waals surface area contributed by atoms with E-state index in [0.717, 1.165) is 11.8 Å². The fraction of sp³-hybridized carbons (Fsp3) is 0.238. The van der Waals surface area contributed by atoms with Crippen molar-refractivity contribution in [2.75, 3.05) is 14.2 Å². The number of ketones is 1. The van der Waals surface area contributed by atoms with E-state index >= 15 is 0 Å². The van der Waals surface area contributed by atoms with Gasteiger partial charge in [-0.05, 0) is 43.3 Å². The van der Waals surface area contributed by atoms with Crippen LogP contribution in [0.1, 0.15) is 17.3 Å². The van der Waals surface area contributed by atoms with Crippen LogP contribution in [-0.2, 0) is 16.1 Å². The average molecular weight is 412 g/mol. The second-order valence-electron chi connectivity index (χ2n) is 6.23. The van der Waals surface area contributed by atoms with Gasteiger partial charge in [-0.25, -0.2) is 4.98 Å². The van der Waals surface area contributed by atoms with Gasteiger partial charge in [0.25, 0.3) is 5.56 Å². The summed E-state index contributed by atoms with van der Waals surface area (Å²) in [6, 6.07) is 13.7. The summed E-state index contributed by atoms with van der Waals surface area (Å²) in [4.78, 5) is 42.1. The van der Waals surface area contributed by atoms with Crippen molar-refractivity contribution in [3.05, 3.63) is 64.4 Å². The molecule has 0 radical (unpaired) electrons. The Morgan fingerprint density at radius 3 is 2.45 bits per heavy atom. The minimum absolute atomic E-state index is 0.121. The van der Waals surface area contributed by atoms with Gasteiger partial charge in [0.15, 0.2) is 10.9 Å². The maximum atomic E-state index is 12.9. The first-order valence-electron chi connectivity index (χ1n) is 8.86. The lowest BCUT2D eigenvalue weighted by Gasteiger charge is -2.15. The van der Waals surface area contributed by atoms with Gasteiger partial charge in [0, 0.05) is 5.56 Å². The third kappa shape index (κ3) is 4.48. The number of thioether (sulfide) groups is 1. The highest BCUT2D eigenvalue weighted by atomic mass is 32.2. The van der Waals surface area contributed by atoms with Gasteiger partial charge < -0.3 is 9.47 Å². The number of ether oxygens (including phenoxy) is 2. The van der Waals surface area contributed by atoms with Crippen molar-refractivity contribution in [2.24, 2.45) is 0 Å². The van der Waals surface area contributed by atoms with E-state index in [2.05, 4.69) is 4.98 Å². The highest BCUT2D eigenvalue weighted by molar-refractivity contribution is 8.00. The standard InChI is InChI=1S/C21H20N2O5S/c1-13(19(25)14-8-10-15(27-2)11-9-14)29-21-22-17-7-5-4-6-16(17)20(26)23(21)12-18(24)28-3/h4-11,13H,12H2,1-3H3/t13-/m1/s1. The molecule has 0 aliphatic rings. The molecule has 8 heteroatoms. The largest absolute Gasteiger partial charge is 0.497 e. The third-order valence-corrected chi connectivity index (χ3v) is 5.46. The van der Waals surface area contributed by atoms with Crippen LogP contribution in [0.4, 0.5) is 0 Å². The number of para-hydroxylation sites is 1. The van der Waals surface area contributed by atoms with Gasteiger partial charge >= 0.3 is 5.97 Å². The summed E-state index contributed by atoms with van der Waals surface area (Å²) in [7, 11) is 2.81. The number of nitrogens with zero attached hydrogens (tertiary/aromatic N) is 2. The van der Waals surface area contributed by atoms with Gasteiger partial charge in [0.2, 0.25) is 0 Å². The van der Waals surface area contributed by atoms with Crippen molar-refractivity contribution >= 4 is 34.4 Å². The molecular formula is C21H20N2O5S. The number of methoxy groups -OCH3 is 2. The van der Waals surface area contributed by atoms with Crippen molar-refractivity contribution in [1.82, 2.24) is 9.55 Å². The number of esters is 1. The molecule has 29 heavy (non-hydrogen) atoms. The molecule has 3 rings (SSSR count). The van der Waals surface area contributed by atoms with Crippen LogP contribution in [0.3, 0.4) is 0 Å². The highest BCUT2D eigenvalue weighted by Gasteiger charge is 2.22. The van der Waals surface area contributed by atoms with Crippen LogP contribution in [0.2, 0.25) is 0 Å². The van der Waals surface area contributed by atoms with E-state index in [1.807, 2.05) is 0 Å². The first kappa shape index (κ1) is 20.6. The predicted octanol–water partition coefficient (Wildman–Crippen LogP) is 2.94. The van der Waals surface area contributed by atoms with Gasteiger partial charge in [-0.1, -0.05) is 23.9 Å². The summed E-state index contributed by atoms with van der Waals surface area (Å²) >= 11 is 1.13. The summed E-state index contributed by atoms with van der Waals surface area (Å²) in [5, 5.41) is 0.156. The Bertz CT molecular complexity index is 1110. The van der Waals surface area contributed by atoms with Crippen LogP contribution in [0, 0.1) is 0 Å². The van der Waals surface area contributed by atoms with Crippen LogP contribution < -0.4 is 10.3 Å². The van der Waals surface area contributed by atoms with E-state index < -0.39 is 11.2 Å². The zero-order valence-electron chi connectivity index (χ0n) is 16.2. The molecule has 0 bridgehead atoms. The Morgan fingerprint density at radius 2 is 1.79 bits per heavy atom. The molecule has 0 saturated heterocycles. The summed E-state index contributed by atoms with van der Waals surface area (Å²) in [6.45, 7) is 1.46. The van der Waals surface area contributed by atoms with Crippen LogP contribution >= 0.6 is 11.8 Å². The Morgan fingerprint density at radius 1 is 1.10 bits per heavy atom. The molecule has 2 aromatic carbocycles. The zero-order valence-corrected chi connectivity index (χ0v) is 17.1. The van der Waals surface area contributed by atoms with Crippen LogP contribution in [0.25, 0.3) is 10.9 Å². The molecule has 1 atom stereocenters. The summed E-state index contributed by atoms with van der Waals surface area (Å²) < 4.78 is 11.1. The smallest absolute Gasteiger partial charge is 0.325 e. The number of carbonyl (C=O) groups excluding carboxylic acids is 2. The van der Waals surface area contributed by atoms with Gasteiger partial charge in [-0.3, -0.25) is 19.0 Å². The molecule has 0 unspecified atom stereocenters.